The lowest BCUT2D eigenvalue weighted by Gasteiger charge is -2.23. The van der Waals surface area contributed by atoms with E-state index in [1.807, 2.05) is 36.4 Å². The van der Waals surface area contributed by atoms with Crippen LogP contribution < -0.4 is 16.0 Å². The molecule has 9 heteroatoms. The highest BCUT2D eigenvalue weighted by atomic mass is 16.6. The first kappa shape index (κ1) is 21.0. The van der Waals surface area contributed by atoms with Gasteiger partial charge in [0.1, 0.15) is 0 Å². The molecule has 4 aromatic rings. The SMILES string of the molecule is O=[N+]([O-])c1cccc(Nc2ccc3c(c2)Cc2cc(Nc4cccc([N+](=O)[O-])c4)ccc2N3)c1. The molecule has 0 atom stereocenters. The Kier molecular flexibility index (Phi) is 5.27. The molecule has 0 radical (unpaired) electrons. The van der Waals surface area contributed by atoms with E-state index in [1.165, 1.54) is 24.3 Å². The number of nitrogens with zero attached hydrogens (tertiary/aromatic N) is 2. The van der Waals surface area contributed by atoms with E-state index in [0.717, 1.165) is 33.9 Å². The fourth-order valence-corrected chi connectivity index (χ4v) is 3.96. The van der Waals surface area contributed by atoms with E-state index in [4.69, 9.17) is 0 Å². The summed E-state index contributed by atoms with van der Waals surface area (Å²) in [6, 6.07) is 24.6. The Morgan fingerprint density at radius 1 is 0.618 bits per heavy atom. The first-order chi connectivity index (χ1) is 16.4. The standard InChI is InChI=1S/C25H19N5O4/c31-29(32)22-5-1-3-18(14-22)26-20-7-9-24-16(12-20)11-17-13-21(8-10-25(17)28-24)27-19-4-2-6-23(15-19)30(33)34/h1-10,12-15,26-28H,11H2. The minimum Gasteiger partial charge on any atom is -0.355 e. The Hall–Kier alpha value is -4.92. The number of hydrogen-bond acceptors (Lipinski definition) is 7. The molecule has 0 fully saturated rings. The molecule has 0 saturated heterocycles. The number of nitro benzene ring substituents is 2. The summed E-state index contributed by atoms with van der Waals surface area (Å²) < 4.78 is 0. The zero-order valence-corrected chi connectivity index (χ0v) is 17.8. The molecule has 0 aliphatic carbocycles. The van der Waals surface area contributed by atoms with Gasteiger partial charge in [-0.3, -0.25) is 20.2 Å². The summed E-state index contributed by atoms with van der Waals surface area (Å²) in [6.07, 6.45) is 0.687. The molecule has 5 rings (SSSR count). The molecule has 9 nitrogen and oxygen atoms in total. The van der Waals surface area contributed by atoms with Crippen molar-refractivity contribution >= 4 is 45.5 Å². The predicted octanol–water partition coefficient (Wildman–Crippen LogP) is 6.64. The van der Waals surface area contributed by atoms with Crippen molar-refractivity contribution in [1.82, 2.24) is 0 Å². The van der Waals surface area contributed by atoms with Crippen molar-refractivity contribution in [1.29, 1.82) is 0 Å². The molecule has 0 amide bonds. The van der Waals surface area contributed by atoms with Gasteiger partial charge >= 0.3 is 0 Å². The van der Waals surface area contributed by atoms with Gasteiger partial charge < -0.3 is 16.0 Å². The molecule has 0 spiro atoms. The lowest BCUT2D eigenvalue weighted by Crippen LogP contribution is -2.08. The number of nitrogens with one attached hydrogen (secondary N) is 3. The Morgan fingerprint density at radius 3 is 1.50 bits per heavy atom. The number of hydrogen-bond donors (Lipinski definition) is 3. The molecule has 168 valence electrons. The van der Waals surface area contributed by atoms with Crippen molar-refractivity contribution < 1.29 is 9.85 Å². The van der Waals surface area contributed by atoms with Crippen LogP contribution in [0.5, 0.6) is 0 Å². The van der Waals surface area contributed by atoms with Crippen LogP contribution in [-0.4, -0.2) is 9.85 Å². The van der Waals surface area contributed by atoms with Gasteiger partial charge in [0.15, 0.2) is 0 Å². The number of benzene rings is 4. The minimum atomic E-state index is -0.418. The minimum absolute atomic E-state index is 0.0299. The average Bonchev–Trinajstić information content (AvgIpc) is 2.83. The van der Waals surface area contributed by atoms with Crippen molar-refractivity contribution in [3.8, 4) is 0 Å². The van der Waals surface area contributed by atoms with Crippen molar-refractivity contribution in [3.05, 3.63) is 116 Å². The van der Waals surface area contributed by atoms with Crippen LogP contribution in [0.1, 0.15) is 11.1 Å². The fourth-order valence-electron chi connectivity index (χ4n) is 3.96. The molecular formula is C25H19N5O4. The number of nitro groups is 2. The number of fused-ring (bicyclic) bond motifs is 2. The summed E-state index contributed by atoms with van der Waals surface area (Å²) in [5, 5.41) is 32.0. The summed E-state index contributed by atoms with van der Waals surface area (Å²) in [5.41, 5.74) is 7.15. The van der Waals surface area contributed by atoms with Crippen molar-refractivity contribution in [2.45, 2.75) is 6.42 Å². The van der Waals surface area contributed by atoms with Crippen LogP contribution in [0.15, 0.2) is 84.9 Å². The summed E-state index contributed by atoms with van der Waals surface area (Å²) in [6.45, 7) is 0. The average molecular weight is 453 g/mol. The molecule has 0 unspecified atom stereocenters. The maximum absolute atomic E-state index is 11.0. The highest BCUT2D eigenvalue weighted by Crippen LogP contribution is 2.37. The molecule has 1 aliphatic rings. The van der Waals surface area contributed by atoms with E-state index in [9.17, 15) is 20.2 Å². The van der Waals surface area contributed by atoms with Crippen LogP contribution in [0.4, 0.5) is 45.5 Å². The molecule has 0 aromatic heterocycles. The van der Waals surface area contributed by atoms with Crippen molar-refractivity contribution in [2.75, 3.05) is 16.0 Å². The van der Waals surface area contributed by atoms with Gasteiger partial charge in [0, 0.05) is 64.8 Å². The normalized spacial score (nSPS) is 11.5. The van der Waals surface area contributed by atoms with Gasteiger partial charge in [0.25, 0.3) is 11.4 Å². The van der Waals surface area contributed by atoms with Gasteiger partial charge in [-0.25, -0.2) is 0 Å². The summed E-state index contributed by atoms with van der Waals surface area (Å²) in [7, 11) is 0. The molecule has 34 heavy (non-hydrogen) atoms. The van der Waals surface area contributed by atoms with Crippen LogP contribution in [0.2, 0.25) is 0 Å². The molecule has 4 aromatic carbocycles. The van der Waals surface area contributed by atoms with E-state index < -0.39 is 9.85 Å². The first-order valence-electron chi connectivity index (χ1n) is 10.5. The molecular weight excluding hydrogens is 434 g/mol. The van der Waals surface area contributed by atoms with Crippen molar-refractivity contribution in [2.24, 2.45) is 0 Å². The van der Waals surface area contributed by atoms with Crippen LogP contribution in [0, 0.1) is 20.2 Å². The van der Waals surface area contributed by atoms with E-state index >= 15 is 0 Å². The Morgan fingerprint density at radius 2 is 1.06 bits per heavy atom. The summed E-state index contributed by atoms with van der Waals surface area (Å²) >= 11 is 0. The Balaban J connectivity index is 1.36. The lowest BCUT2D eigenvalue weighted by molar-refractivity contribution is -0.385. The number of anilines is 6. The topological polar surface area (TPSA) is 122 Å². The molecule has 0 bridgehead atoms. The zero-order valence-electron chi connectivity index (χ0n) is 17.8. The predicted molar refractivity (Wildman–Crippen MR) is 132 cm³/mol. The van der Waals surface area contributed by atoms with E-state index in [2.05, 4.69) is 16.0 Å². The molecule has 1 aliphatic heterocycles. The lowest BCUT2D eigenvalue weighted by atomic mass is 9.96. The third kappa shape index (κ3) is 4.35. The third-order valence-corrected chi connectivity index (χ3v) is 5.55. The second kappa shape index (κ2) is 8.55. The van der Waals surface area contributed by atoms with Gasteiger partial charge in [0.05, 0.1) is 9.85 Å². The van der Waals surface area contributed by atoms with Gasteiger partial charge in [0.2, 0.25) is 0 Å². The highest BCUT2D eigenvalue weighted by Gasteiger charge is 2.16. The summed E-state index contributed by atoms with van der Waals surface area (Å²) in [5.74, 6) is 0. The maximum Gasteiger partial charge on any atom is 0.271 e. The van der Waals surface area contributed by atoms with Gasteiger partial charge in [-0.2, -0.15) is 0 Å². The monoisotopic (exact) mass is 453 g/mol. The first-order valence-corrected chi connectivity index (χ1v) is 10.5. The van der Waals surface area contributed by atoms with E-state index in [1.54, 1.807) is 24.3 Å². The highest BCUT2D eigenvalue weighted by molar-refractivity contribution is 5.77. The van der Waals surface area contributed by atoms with Crippen LogP contribution >= 0.6 is 0 Å². The smallest absolute Gasteiger partial charge is 0.271 e. The number of non-ortho nitro benzene ring substituents is 2. The molecule has 0 saturated carbocycles. The van der Waals surface area contributed by atoms with Crippen LogP contribution in [-0.2, 0) is 6.42 Å². The number of rotatable bonds is 6. The van der Waals surface area contributed by atoms with Gasteiger partial charge in [-0.1, -0.05) is 12.1 Å². The second-order valence-corrected chi connectivity index (χ2v) is 7.91. The van der Waals surface area contributed by atoms with Gasteiger partial charge in [-0.15, -0.1) is 0 Å². The molecule has 1 heterocycles. The fraction of sp³-hybridized carbons (Fsp3) is 0.0400. The van der Waals surface area contributed by atoms with Gasteiger partial charge in [-0.05, 0) is 59.7 Å². The molecule has 3 N–H and O–H groups in total. The van der Waals surface area contributed by atoms with Crippen LogP contribution in [0.25, 0.3) is 0 Å². The Bertz CT molecular complexity index is 1330. The van der Waals surface area contributed by atoms with Crippen molar-refractivity contribution in [3.63, 3.8) is 0 Å². The van der Waals surface area contributed by atoms with Crippen LogP contribution in [0.3, 0.4) is 0 Å². The quantitative estimate of drug-likeness (QED) is 0.195. The zero-order chi connectivity index (χ0) is 23.7. The van der Waals surface area contributed by atoms with E-state index in [0.29, 0.717) is 17.8 Å². The largest absolute Gasteiger partial charge is 0.355 e. The second-order valence-electron chi connectivity index (χ2n) is 7.91. The van der Waals surface area contributed by atoms with E-state index in [-0.39, 0.29) is 11.4 Å². The third-order valence-electron chi connectivity index (χ3n) is 5.55. The summed E-state index contributed by atoms with van der Waals surface area (Å²) in [4.78, 5) is 21.2. The maximum atomic E-state index is 11.0. The Labute approximate surface area is 194 Å².